The van der Waals surface area contributed by atoms with Crippen LogP contribution >= 0.6 is 0 Å². The van der Waals surface area contributed by atoms with Gasteiger partial charge in [-0.2, -0.15) is 0 Å². The number of hydrogen-bond acceptors (Lipinski definition) is 4. The summed E-state index contributed by atoms with van der Waals surface area (Å²) in [6.45, 7) is 0.685. The van der Waals surface area contributed by atoms with Crippen LogP contribution in [0.15, 0.2) is 18.2 Å². The Hall–Kier alpha value is -2.00. The minimum atomic E-state index is -3.21. The molecule has 1 heterocycles. The number of hydrogen-bond donors (Lipinski definition) is 2. The third-order valence-electron chi connectivity index (χ3n) is 4.54. The topological polar surface area (TPSA) is 95.6 Å². The standard InChI is InChI=1S/C16H20FN3O4S/c17-12-3-4-13-11(10-12)2-5-14(13)19-16(22)15(21)18-6-8-20-7-1-9-25(20,23)24/h3-4,10,14H,1-2,5-9H2,(H,18,21)(H,19,22)/t14-/m0/s1. The molecule has 1 aromatic rings. The number of carbonyl (C=O) groups excluding carboxylic acids is 2. The van der Waals surface area contributed by atoms with E-state index in [9.17, 15) is 22.4 Å². The fourth-order valence-electron chi connectivity index (χ4n) is 3.28. The lowest BCUT2D eigenvalue weighted by molar-refractivity contribution is -0.139. The van der Waals surface area contributed by atoms with E-state index in [0.29, 0.717) is 25.8 Å². The largest absolute Gasteiger partial charge is 0.347 e. The molecule has 0 saturated carbocycles. The minimum absolute atomic E-state index is 0.0813. The Labute approximate surface area is 145 Å². The molecule has 1 aliphatic carbocycles. The van der Waals surface area contributed by atoms with Gasteiger partial charge >= 0.3 is 11.8 Å². The van der Waals surface area contributed by atoms with Crippen molar-refractivity contribution in [2.24, 2.45) is 0 Å². The lowest BCUT2D eigenvalue weighted by Crippen LogP contribution is -2.44. The molecule has 136 valence electrons. The minimum Gasteiger partial charge on any atom is -0.347 e. The first-order chi connectivity index (χ1) is 11.9. The molecule has 1 saturated heterocycles. The Morgan fingerprint density at radius 2 is 2.08 bits per heavy atom. The quantitative estimate of drug-likeness (QED) is 0.735. The molecule has 1 atom stereocenters. The zero-order valence-corrected chi connectivity index (χ0v) is 14.4. The Morgan fingerprint density at radius 1 is 1.28 bits per heavy atom. The molecule has 25 heavy (non-hydrogen) atoms. The molecule has 0 unspecified atom stereocenters. The van der Waals surface area contributed by atoms with Crippen molar-refractivity contribution in [3.8, 4) is 0 Å². The molecule has 7 nitrogen and oxygen atoms in total. The van der Waals surface area contributed by atoms with Crippen LogP contribution < -0.4 is 10.6 Å². The van der Waals surface area contributed by atoms with Gasteiger partial charge in [-0.3, -0.25) is 9.59 Å². The molecule has 1 aromatic carbocycles. The van der Waals surface area contributed by atoms with Crippen LogP contribution in [0, 0.1) is 5.82 Å². The molecule has 3 rings (SSSR count). The van der Waals surface area contributed by atoms with Crippen LogP contribution in [-0.4, -0.2) is 49.9 Å². The van der Waals surface area contributed by atoms with Crippen LogP contribution in [0.3, 0.4) is 0 Å². The predicted octanol–water partition coefficient (Wildman–Crippen LogP) is 0.0809. The third kappa shape index (κ3) is 3.98. The summed E-state index contributed by atoms with van der Waals surface area (Å²) in [5, 5.41) is 5.08. The first kappa shape index (κ1) is 17.8. The van der Waals surface area contributed by atoms with Crippen molar-refractivity contribution < 1.29 is 22.4 Å². The van der Waals surface area contributed by atoms with Crippen LogP contribution in [0.1, 0.15) is 30.0 Å². The zero-order valence-electron chi connectivity index (χ0n) is 13.6. The van der Waals surface area contributed by atoms with E-state index < -0.39 is 21.8 Å². The molecule has 1 fully saturated rings. The second-order valence-electron chi connectivity index (χ2n) is 6.23. The summed E-state index contributed by atoms with van der Waals surface area (Å²) >= 11 is 0. The molecular weight excluding hydrogens is 349 g/mol. The number of fused-ring (bicyclic) bond motifs is 1. The van der Waals surface area contributed by atoms with Gasteiger partial charge in [0.05, 0.1) is 11.8 Å². The van der Waals surface area contributed by atoms with Gasteiger partial charge < -0.3 is 10.6 Å². The molecule has 0 bridgehead atoms. The van der Waals surface area contributed by atoms with Crippen LogP contribution in [0.4, 0.5) is 4.39 Å². The van der Waals surface area contributed by atoms with Gasteiger partial charge in [0.1, 0.15) is 5.82 Å². The average molecular weight is 369 g/mol. The fraction of sp³-hybridized carbons (Fsp3) is 0.500. The van der Waals surface area contributed by atoms with Crippen molar-refractivity contribution in [3.63, 3.8) is 0 Å². The first-order valence-electron chi connectivity index (χ1n) is 8.22. The molecule has 1 aliphatic heterocycles. The molecule has 0 radical (unpaired) electrons. The number of rotatable bonds is 4. The lowest BCUT2D eigenvalue weighted by atomic mass is 10.1. The Balaban J connectivity index is 1.48. The lowest BCUT2D eigenvalue weighted by Gasteiger charge is -2.16. The van der Waals surface area contributed by atoms with E-state index in [1.807, 2.05) is 0 Å². The summed E-state index contributed by atoms with van der Waals surface area (Å²) in [6, 6.07) is 4.09. The van der Waals surface area contributed by atoms with Gasteiger partial charge in [0.25, 0.3) is 0 Å². The summed E-state index contributed by atoms with van der Waals surface area (Å²) in [7, 11) is -3.21. The Morgan fingerprint density at radius 3 is 2.80 bits per heavy atom. The number of benzene rings is 1. The van der Waals surface area contributed by atoms with E-state index in [4.69, 9.17) is 0 Å². The molecule has 2 N–H and O–H groups in total. The molecule has 0 spiro atoms. The van der Waals surface area contributed by atoms with Crippen molar-refractivity contribution in [1.82, 2.24) is 14.9 Å². The van der Waals surface area contributed by atoms with Crippen molar-refractivity contribution >= 4 is 21.8 Å². The van der Waals surface area contributed by atoms with Crippen molar-refractivity contribution in [2.45, 2.75) is 25.3 Å². The second kappa shape index (κ2) is 7.09. The molecule has 2 amide bonds. The number of carbonyl (C=O) groups is 2. The highest BCUT2D eigenvalue weighted by Gasteiger charge is 2.29. The second-order valence-corrected chi connectivity index (χ2v) is 8.32. The molecular formula is C16H20FN3O4S. The normalized spacial score (nSPS) is 21.7. The van der Waals surface area contributed by atoms with Gasteiger partial charge in [-0.25, -0.2) is 17.1 Å². The monoisotopic (exact) mass is 369 g/mol. The van der Waals surface area contributed by atoms with E-state index in [2.05, 4.69) is 10.6 Å². The van der Waals surface area contributed by atoms with E-state index in [1.165, 1.54) is 16.4 Å². The first-order valence-corrected chi connectivity index (χ1v) is 9.82. The van der Waals surface area contributed by atoms with Crippen LogP contribution in [0.5, 0.6) is 0 Å². The number of sulfonamides is 1. The highest BCUT2D eigenvalue weighted by molar-refractivity contribution is 7.89. The van der Waals surface area contributed by atoms with Crippen molar-refractivity contribution in [1.29, 1.82) is 0 Å². The zero-order chi connectivity index (χ0) is 18.0. The third-order valence-corrected chi connectivity index (χ3v) is 6.50. The molecule has 0 aromatic heterocycles. The van der Waals surface area contributed by atoms with Crippen LogP contribution in [-0.2, 0) is 26.0 Å². The van der Waals surface area contributed by atoms with Gasteiger partial charge in [0, 0.05) is 19.6 Å². The maximum absolute atomic E-state index is 13.2. The summed E-state index contributed by atoms with van der Waals surface area (Å²) < 4.78 is 37.8. The van der Waals surface area contributed by atoms with E-state index in [-0.39, 0.29) is 30.7 Å². The number of nitrogens with one attached hydrogen (secondary N) is 2. The number of nitrogens with zero attached hydrogens (tertiary/aromatic N) is 1. The summed E-state index contributed by atoms with van der Waals surface area (Å²) in [5.74, 6) is -1.76. The molecule has 9 heteroatoms. The van der Waals surface area contributed by atoms with Gasteiger partial charge in [-0.05, 0) is 42.5 Å². The Kier molecular flexibility index (Phi) is 5.05. The van der Waals surface area contributed by atoms with Crippen molar-refractivity contribution in [3.05, 3.63) is 35.1 Å². The Bertz CT molecular complexity index is 797. The van der Waals surface area contributed by atoms with Crippen LogP contribution in [0.2, 0.25) is 0 Å². The highest BCUT2D eigenvalue weighted by Crippen LogP contribution is 2.31. The fourth-order valence-corrected chi connectivity index (χ4v) is 4.81. The van der Waals surface area contributed by atoms with Gasteiger partial charge in [0.15, 0.2) is 0 Å². The maximum atomic E-state index is 13.2. The van der Waals surface area contributed by atoms with Crippen molar-refractivity contribution in [2.75, 3.05) is 25.4 Å². The van der Waals surface area contributed by atoms with Crippen LogP contribution in [0.25, 0.3) is 0 Å². The smallest absolute Gasteiger partial charge is 0.309 e. The summed E-state index contributed by atoms with van der Waals surface area (Å²) in [5.41, 5.74) is 1.66. The number of amides is 2. The highest BCUT2D eigenvalue weighted by atomic mass is 32.2. The number of aryl methyl sites for hydroxylation is 1. The average Bonchev–Trinajstić information content (AvgIpc) is 3.10. The summed E-state index contributed by atoms with van der Waals surface area (Å²) in [4.78, 5) is 23.9. The van der Waals surface area contributed by atoms with E-state index in [0.717, 1.165) is 11.1 Å². The predicted molar refractivity (Wildman–Crippen MR) is 88.6 cm³/mol. The number of halogens is 1. The summed E-state index contributed by atoms with van der Waals surface area (Å²) in [6.07, 6.45) is 1.84. The van der Waals surface area contributed by atoms with Gasteiger partial charge in [-0.15, -0.1) is 0 Å². The van der Waals surface area contributed by atoms with Gasteiger partial charge in [0.2, 0.25) is 10.0 Å². The maximum Gasteiger partial charge on any atom is 0.309 e. The van der Waals surface area contributed by atoms with Gasteiger partial charge in [-0.1, -0.05) is 6.07 Å². The molecule has 2 aliphatic rings. The van der Waals surface area contributed by atoms with E-state index >= 15 is 0 Å². The SMILES string of the molecule is O=C(NCCN1CCCS1(=O)=O)C(=O)N[C@H]1CCc2cc(F)ccc21. The van der Waals surface area contributed by atoms with E-state index in [1.54, 1.807) is 6.07 Å².